The first-order valence-electron chi connectivity index (χ1n) is 15.0. The summed E-state index contributed by atoms with van der Waals surface area (Å²) in [5.41, 5.74) is 28.8. The van der Waals surface area contributed by atoms with E-state index in [0.29, 0.717) is 32.4 Å². The number of carbonyl (C=O) groups excluding carboxylic acids is 1. The highest BCUT2D eigenvalue weighted by Crippen LogP contribution is 2.36. The lowest BCUT2D eigenvalue weighted by atomic mass is 9.76. The van der Waals surface area contributed by atoms with Gasteiger partial charge in [-0.3, -0.25) is 4.79 Å². The number of aliphatic hydroxyl groups is 5. The summed E-state index contributed by atoms with van der Waals surface area (Å²) in [5, 5.41) is 55.4. The normalized spacial score (nSPS) is 41.0. The van der Waals surface area contributed by atoms with Crippen LogP contribution in [-0.2, 0) is 23.7 Å². The quantitative estimate of drug-likeness (QED) is 0.0743. The molecule has 0 aromatic rings. The Labute approximate surface area is 254 Å². The largest absolute Gasteiger partial charge is 0.394 e. The van der Waals surface area contributed by atoms with Gasteiger partial charge in [0.25, 0.3) is 5.92 Å². The van der Waals surface area contributed by atoms with E-state index in [-0.39, 0.29) is 25.1 Å². The molecule has 1 aliphatic carbocycles. The summed E-state index contributed by atoms with van der Waals surface area (Å²) in [5.74, 6) is -6.25. The van der Waals surface area contributed by atoms with Gasteiger partial charge in [-0.2, -0.15) is 0 Å². The smallest absolute Gasteiger partial charge is 0.292 e. The van der Waals surface area contributed by atoms with E-state index in [1.807, 2.05) is 0 Å². The molecule has 2 heterocycles. The van der Waals surface area contributed by atoms with Gasteiger partial charge in [-0.1, -0.05) is 0 Å². The van der Waals surface area contributed by atoms with Crippen LogP contribution in [0, 0.1) is 5.92 Å². The van der Waals surface area contributed by atoms with E-state index in [1.165, 1.54) is 0 Å². The highest BCUT2D eigenvalue weighted by molar-refractivity contribution is 5.84. The van der Waals surface area contributed by atoms with Gasteiger partial charge < -0.3 is 78.5 Å². The molecule has 0 aromatic heterocycles. The molecule has 2 saturated heterocycles. The number of ether oxygens (including phenoxy) is 4. The monoisotopic (exact) mass is 644 g/mol. The molecule has 16 N–H and O–H groups in total. The van der Waals surface area contributed by atoms with E-state index < -0.39 is 105 Å². The number of nitrogens with two attached hydrogens (primary N) is 5. The molecule has 2 aliphatic heterocycles. The van der Waals surface area contributed by atoms with Crippen LogP contribution < -0.4 is 34.0 Å². The van der Waals surface area contributed by atoms with Crippen LogP contribution in [0.4, 0.5) is 8.78 Å². The first-order valence-corrected chi connectivity index (χ1v) is 15.0. The van der Waals surface area contributed by atoms with E-state index in [4.69, 9.17) is 47.6 Å². The minimum atomic E-state index is -3.90. The van der Waals surface area contributed by atoms with Crippen molar-refractivity contribution in [1.29, 1.82) is 0 Å². The average molecular weight is 645 g/mol. The maximum absolute atomic E-state index is 14.0. The highest BCUT2D eigenvalue weighted by atomic mass is 19.3. The highest BCUT2D eigenvalue weighted by Gasteiger charge is 2.52. The SMILES string of the molecule is NCCCN[C@@H]1CC[C@@H](CN)O[C@@H]1OC1[C@@H](N)C[C@@H](CC(=O)C(O)C(F)(F)CN)[C@H](O[C@H]2O[C@H](CO)[C@@H](O)[C@H](N)[C@H]2O)[C@H]1O. The van der Waals surface area contributed by atoms with Gasteiger partial charge in [0.2, 0.25) is 0 Å². The summed E-state index contributed by atoms with van der Waals surface area (Å²) in [6.45, 7) is -0.721. The van der Waals surface area contributed by atoms with E-state index in [0.717, 1.165) is 0 Å². The molecular formula is C26H50F2N6O10. The summed E-state index contributed by atoms with van der Waals surface area (Å²) in [6, 6.07) is -2.60. The molecule has 0 radical (unpaired) electrons. The molecule has 44 heavy (non-hydrogen) atoms. The Morgan fingerprint density at radius 3 is 2.30 bits per heavy atom. The van der Waals surface area contributed by atoms with Crippen molar-refractivity contribution in [2.45, 2.75) is 118 Å². The predicted molar refractivity (Wildman–Crippen MR) is 150 cm³/mol. The summed E-state index contributed by atoms with van der Waals surface area (Å²) in [4.78, 5) is 12.8. The van der Waals surface area contributed by atoms with Crippen LogP contribution in [0.25, 0.3) is 0 Å². The van der Waals surface area contributed by atoms with E-state index >= 15 is 0 Å². The third-order valence-electron chi connectivity index (χ3n) is 8.60. The molecule has 14 atom stereocenters. The van der Waals surface area contributed by atoms with Gasteiger partial charge in [0, 0.05) is 19.0 Å². The molecule has 0 aromatic carbocycles. The molecule has 18 heteroatoms. The Balaban J connectivity index is 1.87. The van der Waals surface area contributed by atoms with Crippen LogP contribution >= 0.6 is 0 Å². The molecule has 0 bridgehead atoms. The molecular weight excluding hydrogens is 594 g/mol. The third-order valence-corrected chi connectivity index (χ3v) is 8.60. The maximum atomic E-state index is 14.0. The number of ketones is 1. The number of hydrogen-bond acceptors (Lipinski definition) is 16. The molecule has 1 saturated carbocycles. The van der Waals surface area contributed by atoms with Crippen molar-refractivity contribution in [2.75, 3.05) is 32.8 Å². The van der Waals surface area contributed by atoms with Crippen molar-refractivity contribution in [2.24, 2.45) is 34.6 Å². The first kappa shape index (κ1) is 37.4. The van der Waals surface area contributed by atoms with Gasteiger partial charge in [-0.05, 0) is 44.7 Å². The van der Waals surface area contributed by atoms with Crippen molar-refractivity contribution < 1.29 is 58.1 Å². The first-order chi connectivity index (χ1) is 20.8. The van der Waals surface area contributed by atoms with Gasteiger partial charge in [0.1, 0.15) is 30.5 Å². The number of rotatable bonds is 15. The van der Waals surface area contributed by atoms with Crippen molar-refractivity contribution in [3.63, 3.8) is 0 Å². The summed E-state index contributed by atoms with van der Waals surface area (Å²) in [6.07, 6.45) is -13.1. The minimum Gasteiger partial charge on any atom is -0.394 e. The Morgan fingerprint density at radius 2 is 1.68 bits per heavy atom. The van der Waals surface area contributed by atoms with E-state index in [9.17, 15) is 39.1 Å². The standard InChI is InChI=1S/C26H50F2N6O10/c27-26(28,10-31)23(40)15(36)7-11-6-13(32)22(44-24-14(34-5-1-4-29)3-2-12(8-30)41-24)20(39)21(11)43-25-19(38)17(33)18(37)16(9-35)42-25/h11-14,16-25,34-35,37-40H,1-10,29-33H2/t11-,12-,13-,14+,16+,17-,18+,19+,20+,21-,22?,23?,24+,25+/m0/s1. The Morgan fingerprint density at radius 1 is 1.00 bits per heavy atom. The van der Waals surface area contributed by atoms with Crippen molar-refractivity contribution in [3.05, 3.63) is 0 Å². The zero-order valence-corrected chi connectivity index (χ0v) is 24.6. The zero-order valence-electron chi connectivity index (χ0n) is 24.6. The number of hydrogen-bond donors (Lipinski definition) is 11. The van der Waals surface area contributed by atoms with Crippen LogP contribution in [0.5, 0.6) is 0 Å². The van der Waals surface area contributed by atoms with Gasteiger partial charge in [-0.25, -0.2) is 8.78 Å². The van der Waals surface area contributed by atoms with Gasteiger partial charge in [0.05, 0.1) is 37.4 Å². The average Bonchev–Trinajstić information content (AvgIpc) is 3.01. The number of nitrogens with one attached hydrogen (secondary N) is 1. The van der Waals surface area contributed by atoms with Crippen molar-refractivity contribution in [1.82, 2.24) is 5.32 Å². The van der Waals surface area contributed by atoms with Crippen LogP contribution in [0.1, 0.15) is 32.1 Å². The lowest BCUT2D eigenvalue weighted by molar-refractivity contribution is -0.318. The number of aliphatic hydroxyl groups excluding tert-OH is 5. The van der Waals surface area contributed by atoms with Crippen molar-refractivity contribution in [3.8, 4) is 0 Å². The lowest BCUT2D eigenvalue weighted by Crippen LogP contribution is -2.66. The Kier molecular flexibility index (Phi) is 14.2. The lowest BCUT2D eigenvalue weighted by Gasteiger charge is -2.48. The summed E-state index contributed by atoms with van der Waals surface area (Å²) >= 11 is 0. The van der Waals surface area contributed by atoms with E-state index in [2.05, 4.69) is 5.32 Å². The minimum absolute atomic E-state index is 0.113. The van der Waals surface area contributed by atoms with Gasteiger partial charge in [0.15, 0.2) is 24.5 Å². The molecule has 2 unspecified atom stereocenters. The molecule has 0 amide bonds. The number of halogens is 2. The fourth-order valence-electron chi connectivity index (χ4n) is 5.91. The molecule has 3 rings (SSSR count). The van der Waals surface area contributed by atoms with Crippen LogP contribution in [0.15, 0.2) is 0 Å². The molecule has 0 spiro atoms. The van der Waals surface area contributed by atoms with Gasteiger partial charge >= 0.3 is 0 Å². The Hall–Kier alpha value is -1.07. The second-order valence-electron chi connectivity index (χ2n) is 11.8. The third kappa shape index (κ3) is 8.84. The maximum Gasteiger partial charge on any atom is 0.292 e. The van der Waals surface area contributed by atoms with Crippen LogP contribution in [-0.4, -0.2) is 150 Å². The Bertz CT molecular complexity index is 898. The van der Waals surface area contributed by atoms with Gasteiger partial charge in [-0.15, -0.1) is 0 Å². The predicted octanol–water partition coefficient (Wildman–Crippen LogP) is -5.08. The van der Waals surface area contributed by atoms with Crippen LogP contribution in [0.2, 0.25) is 0 Å². The van der Waals surface area contributed by atoms with Crippen molar-refractivity contribution >= 4 is 5.78 Å². The van der Waals surface area contributed by atoms with Crippen LogP contribution in [0.3, 0.4) is 0 Å². The fraction of sp³-hybridized carbons (Fsp3) is 0.962. The second kappa shape index (κ2) is 16.7. The fourth-order valence-corrected chi connectivity index (χ4v) is 5.91. The number of alkyl halides is 2. The second-order valence-corrected chi connectivity index (χ2v) is 11.8. The number of carbonyl (C=O) groups is 1. The molecule has 258 valence electrons. The molecule has 16 nitrogen and oxygen atoms in total. The summed E-state index contributed by atoms with van der Waals surface area (Å²) < 4.78 is 51.8. The molecule has 3 aliphatic rings. The summed E-state index contributed by atoms with van der Waals surface area (Å²) in [7, 11) is 0. The zero-order chi connectivity index (χ0) is 32.8. The molecule has 3 fully saturated rings. The van der Waals surface area contributed by atoms with E-state index in [1.54, 1.807) is 0 Å². The number of Topliss-reactive ketones (excluding diaryl/α,β-unsaturated/α-hetero) is 1. The topological polar surface area (TPSA) is 297 Å².